The Hall–Kier alpha value is 0.160. The van der Waals surface area contributed by atoms with E-state index in [0.717, 1.165) is 12.6 Å². The minimum Gasteiger partial charge on any atom is -0.315 e. The minimum absolute atomic E-state index is 0. The van der Waals surface area contributed by atoms with Crippen molar-refractivity contribution in [1.82, 2.24) is 15.1 Å². The van der Waals surface area contributed by atoms with Crippen LogP contribution in [0.4, 0.5) is 0 Å². The summed E-state index contributed by atoms with van der Waals surface area (Å²) in [5.74, 6) is 0. The van der Waals surface area contributed by atoms with Gasteiger partial charge in [0.15, 0.2) is 0 Å². The Morgan fingerprint density at radius 3 is 2.58 bits per heavy atom. The highest BCUT2D eigenvalue weighted by Gasteiger charge is 2.25. The van der Waals surface area contributed by atoms with Gasteiger partial charge >= 0.3 is 0 Å². The average Bonchev–Trinajstić information content (AvgIpc) is 3.01. The Kier molecular flexibility index (Phi) is 7.65. The molecule has 2 fully saturated rings. The Balaban J connectivity index is 0.000000902. The van der Waals surface area contributed by atoms with Gasteiger partial charge in [0.1, 0.15) is 0 Å². The van der Waals surface area contributed by atoms with Crippen LogP contribution in [0.25, 0.3) is 0 Å². The van der Waals surface area contributed by atoms with E-state index in [9.17, 15) is 0 Å². The van der Waals surface area contributed by atoms with Gasteiger partial charge in [-0.1, -0.05) is 0 Å². The smallest absolute Gasteiger partial charge is 0.0243 e. The van der Waals surface area contributed by atoms with Crippen LogP contribution in [0.1, 0.15) is 12.0 Å². The van der Waals surface area contributed by atoms with Gasteiger partial charge in [-0.3, -0.25) is 9.80 Å². The molecule has 0 radical (unpaired) electrons. The number of thiophene rings is 1. The zero-order chi connectivity index (χ0) is 11.5. The largest absolute Gasteiger partial charge is 0.315 e. The third-order valence-electron chi connectivity index (χ3n) is 3.94. The van der Waals surface area contributed by atoms with E-state index in [0.29, 0.717) is 0 Å². The number of nitrogens with one attached hydrogen (secondary N) is 1. The topological polar surface area (TPSA) is 18.5 Å². The van der Waals surface area contributed by atoms with Gasteiger partial charge in [-0.25, -0.2) is 0 Å². The molecule has 19 heavy (non-hydrogen) atoms. The second-order valence-corrected chi connectivity index (χ2v) is 5.87. The van der Waals surface area contributed by atoms with Gasteiger partial charge in [0.25, 0.3) is 0 Å². The van der Waals surface area contributed by atoms with Crippen LogP contribution in [0, 0.1) is 0 Å². The Morgan fingerprint density at radius 1 is 1.21 bits per heavy atom. The molecule has 3 heterocycles. The second-order valence-electron chi connectivity index (χ2n) is 5.09. The first-order valence-electron chi connectivity index (χ1n) is 6.60. The molecule has 3 nitrogen and oxygen atoms in total. The van der Waals surface area contributed by atoms with Crippen LogP contribution in [-0.4, -0.2) is 55.1 Å². The predicted octanol–water partition coefficient (Wildman–Crippen LogP) is 2.07. The molecule has 110 valence electrons. The van der Waals surface area contributed by atoms with E-state index in [4.69, 9.17) is 0 Å². The maximum Gasteiger partial charge on any atom is 0.0243 e. The first kappa shape index (κ1) is 17.2. The molecule has 1 aromatic rings. The van der Waals surface area contributed by atoms with Crippen molar-refractivity contribution in [2.75, 3.05) is 39.3 Å². The lowest BCUT2D eigenvalue weighted by Crippen LogP contribution is -2.50. The van der Waals surface area contributed by atoms with Gasteiger partial charge in [-0.2, -0.15) is 11.3 Å². The zero-order valence-corrected chi connectivity index (χ0v) is 13.5. The van der Waals surface area contributed by atoms with Crippen molar-refractivity contribution < 1.29 is 0 Å². The van der Waals surface area contributed by atoms with Gasteiger partial charge in [-0.05, 0) is 35.4 Å². The highest BCUT2D eigenvalue weighted by Crippen LogP contribution is 2.15. The maximum absolute atomic E-state index is 3.46. The molecule has 0 saturated carbocycles. The molecule has 0 amide bonds. The van der Waals surface area contributed by atoms with Crippen molar-refractivity contribution in [3.05, 3.63) is 22.4 Å². The van der Waals surface area contributed by atoms with Crippen LogP contribution in [0.3, 0.4) is 0 Å². The molecule has 2 saturated heterocycles. The van der Waals surface area contributed by atoms with E-state index in [-0.39, 0.29) is 24.8 Å². The molecule has 1 unspecified atom stereocenters. The summed E-state index contributed by atoms with van der Waals surface area (Å²) >= 11 is 1.80. The maximum atomic E-state index is 3.46. The molecule has 1 N–H and O–H groups in total. The molecular formula is C13H23Cl2N3S. The fourth-order valence-corrected chi connectivity index (χ4v) is 3.54. The van der Waals surface area contributed by atoms with E-state index >= 15 is 0 Å². The van der Waals surface area contributed by atoms with Crippen molar-refractivity contribution in [3.8, 4) is 0 Å². The van der Waals surface area contributed by atoms with E-state index in [1.54, 1.807) is 11.3 Å². The molecule has 0 bridgehead atoms. The Morgan fingerprint density at radius 2 is 2.00 bits per heavy atom. The number of nitrogens with zero attached hydrogens (tertiary/aromatic N) is 2. The van der Waals surface area contributed by atoms with Crippen molar-refractivity contribution in [2.24, 2.45) is 0 Å². The number of hydrogen-bond acceptors (Lipinski definition) is 4. The fraction of sp³-hybridized carbons (Fsp3) is 0.692. The molecule has 0 spiro atoms. The molecule has 2 aliphatic rings. The summed E-state index contributed by atoms with van der Waals surface area (Å²) in [7, 11) is 0. The fourth-order valence-electron chi connectivity index (χ4n) is 2.88. The van der Waals surface area contributed by atoms with Gasteiger partial charge in [-0.15, -0.1) is 24.8 Å². The van der Waals surface area contributed by atoms with Crippen LogP contribution in [-0.2, 0) is 6.54 Å². The molecule has 1 aromatic heterocycles. The summed E-state index contributed by atoms with van der Waals surface area (Å²) in [4.78, 5) is 5.26. The summed E-state index contributed by atoms with van der Waals surface area (Å²) < 4.78 is 0. The molecule has 0 aromatic carbocycles. The Bertz CT molecular complexity index is 334. The first-order chi connectivity index (χ1) is 8.42. The van der Waals surface area contributed by atoms with E-state index in [1.807, 2.05) is 0 Å². The van der Waals surface area contributed by atoms with Gasteiger partial charge in [0.05, 0.1) is 0 Å². The monoisotopic (exact) mass is 323 g/mol. The first-order valence-corrected chi connectivity index (χ1v) is 7.54. The quantitative estimate of drug-likeness (QED) is 0.918. The summed E-state index contributed by atoms with van der Waals surface area (Å²) in [6, 6.07) is 3.05. The van der Waals surface area contributed by atoms with Crippen LogP contribution in [0.15, 0.2) is 16.8 Å². The zero-order valence-electron chi connectivity index (χ0n) is 11.1. The summed E-state index contributed by atoms with van der Waals surface area (Å²) in [5, 5.41) is 7.91. The van der Waals surface area contributed by atoms with Gasteiger partial charge < -0.3 is 5.32 Å². The Labute approximate surface area is 132 Å². The summed E-state index contributed by atoms with van der Waals surface area (Å²) in [6.07, 6.45) is 1.34. The highest BCUT2D eigenvalue weighted by atomic mass is 35.5. The van der Waals surface area contributed by atoms with E-state index < -0.39 is 0 Å². The van der Waals surface area contributed by atoms with Crippen LogP contribution < -0.4 is 5.32 Å². The standard InChI is InChI=1S/C13H21N3S.2ClH/c1-3-14-9-13(1)16-6-4-15(5-7-16)10-12-2-8-17-11-12;;/h2,8,11,13-14H,1,3-7,9-10H2;2*1H. The van der Waals surface area contributed by atoms with E-state index in [2.05, 4.69) is 31.9 Å². The normalized spacial score (nSPS) is 24.7. The SMILES string of the molecule is Cl.Cl.c1cc(CN2CCN(C3CCNC3)CC2)cs1. The van der Waals surface area contributed by atoms with Gasteiger partial charge in [0, 0.05) is 45.3 Å². The number of halogens is 2. The molecular weight excluding hydrogens is 301 g/mol. The molecule has 2 aliphatic heterocycles. The summed E-state index contributed by atoms with van der Waals surface area (Å²) in [5.41, 5.74) is 1.48. The van der Waals surface area contributed by atoms with Crippen molar-refractivity contribution in [2.45, 2.75) is 19.0 Å². The lowest BCUT2D eigenvalue weighted by atomic mass is 10.2. The third-order valence-corrected chi connectivity index (χ3v) is 4.68. The van der Waals surface area contributed by atoms with Crippen molar-refractivity contribution in [1.29, 1.82) is 0 Å². The molecule has 1 atom stereocenters. The lowest BCUT2D eigenvalue weighted by molar-refractivity contribution is 0.0982. The second kappa shape index (κ2) is 8.45. The highest BCUT2D eigenvalue weighted by molar-refractivity contribution is 7.07. The third kappa shape index (κ3) is 4.59. The van der Waals surface area contributed by atoms with Crippen LogP contribution in [0.5, 0.6) is 0 Å². The minimum atomic E-state index is 0. The predicted molar refractivity (Wildman–Crippen MR) is 86.9 cm³/mol. The van der Waals surface area contributed by atoms with Crippen molar-refractivity contribution >= 4 is 36.2 Å². The van der Waals surface area contributed by atoms with E-state index in [1.165, 1.54) is 51.3 Å². The molecule has 0 aliphatic carbocycles. The number of rotatable bonds is 3. The number of piperazine rings is 1. The van der Waals surface area contributed by atoms with Crippen LogP contribution in [0.2, 0.25) is 0 Å². The number of hydrogen-bond donors (Lipinski definition) is 1. The van der Waals surface area contributed by atoms with Crippen LogP contribution >= 0.6 is 36.2 Å². The lowest BCUT2D eigenvalue weighted by Gasteiger charge is -2.37. The van der Waals surface area contributed by atoms with Crippen molar-refractivity contribution in [3.63, 3.8) is 0 Å². The average molecular weight is 324 g/mol. The summed E-state index contributed by atoms with van der Waals surface area (Å²) in [6.45, 7) is 8.50. The van der Waals surface area contributed by atoms with Gasteiger partial charge in [0.2, 0.25) is 0 Å². The molecule has 3 rings (SSSR count). The molecule has 6 heteroatoms.